The van der Waals surface area contributed by atoms with Crippen LogP contribution in [0.25, 0.3) is 0 Å². The van der Waals surface area contributed by atoms with Crippen molar-refractivity contribution in [1.82, 2.24) is 0 Å². The molecule has 0 spiro atoms. The molecule has 1 atom stereocenters. The van der Waals surface area contributed by atoms with Gasteiger partial charge in [0.2, 0.25) is 0 Å². The first-order chi connectivity index (χ1) is 7.68. The summed E-state index contributed by atoms with van der Waals surface area (Å²) >= 11 is 0. The monoisotopic (exact) mass is 238 g/mol. The largest absolute Gasteiger partial charge is 0.374 e. The van der Waals surface area contributed by atoms with Gasteiger partial charge >= 0.3 is 0 Å². The van der Waals surface area contributed by atoms with Gasteiger partial charge in [-0.05, 0) is 31.1 Å². The molecule has 16 heavy (non-hydrogen) atoms. The third-order valence-electron chi connectivity index (χ3n) is 2.51. The van der Waals surface area contributed by atoms with Crippen molar-refractivity contribution in [2.75, 3.05) is 6.61 Å². The zero-order valence-electron chi connectivity index (χ0n) is 8.87. The summed E-state index contributed by atoms with van der Waals surface area (Å²) in [5, 5.41) is 1.25. The lowest BCUT2D eigenvalue weighted by Crippen LogP contribution is -2.02. The van der Waals surface area contributed by atoms with E-state index < -0.39 is 9.84 Å². The average molecular weight is 238 g/mol. The van der Waals surface area contributed by atoms with E-state index in [0.717, 1.165) is 19.4 Å². The number of ether oxygens (including phenoxy) is 1. The number of hydrogen-bond acceptors (Lipinski definition) is 3. The molecular formula is C12H14O3S. The lowest BCUT2D eigenvalue weighted by molar-refractivity contribution is 0.146. The highest BCUT2D eigenvalue weighted by Gasteiger charge is 2.14. The highest BCUT2D eigenvalue weighted by molar-refractivity contribution is 7.94. The Labute approximate surface area is 95.7 Å². The van der Waals surface area contributed by atoms with Gasteiger partial charge in [0.1, 0.15) is 0 Å². The van der Waals surface area contributed by atoms with E-state index >= 15 is 0 Å². The normalized spacial score (nSPS) is 21.6. The van der Waals surface area contributed by atoms with E-state index in [4.69, 9.17) is 4.74 Å². The van der Waals surface area contributed by atoms with Gasteiger partial charge in [0.05, 0.1) is 11.0 Å². The standard InChI is InChI=1S/C12H14O3S/c13-16(14,12-6-2-1-3-7-12)10-8-11-5-4-9-15-11/h1-3,6-8,10-11H,4-5,9H2/b10-8+. The Morgan fingerprint density at radius 2 is 2.00 bits per heavy atom. The van der Waals surface area contributed by atoms with Crippen molar-refractivity contribution in [2.45, 2.75) is 23.8 Å². The summed E-state index contributed by atoms with van der Waals surface area (Å²) in [7, 11) is -3.31. The fraction of sp³-hybridized carbons (Fsp3) is 0.333. The van der Waals surface area contributed by atoms with Crippen LogP contribution in [0.2, 0.25) is 0 Å². The molecule has 0 radical (unpaired) electrons. The molecule has 0 N–H and O–H groups in total. The lowest BCUT2D eigenvalue weighted by Gasteiger charge is -2.02. The van der Waals surface area contributed by atoms with Crippen molar-refractivity contribution < 1.29 is 13.2 Å². The van der Waals surface area contributed by atoms with Crippen LogP contribution in [0, 0.1) is 0 Å². The van der Waals surface area contributed by atoms with Crippen LogP contribution < -0.4 is 0 Å². The number of hydrogen-bond donors (Lipinski definition) is 0. The summed E-state index contributed by atoms with van der Waals surface area (Å²) in [5.41, 5.74) is 0. The molecule has 1 aromatic rings. The molecule has 1 aliphatic heterocycles. The van der Waals surface area contributed by atoms with Gasteiger partial charge in [-0.25, -0.2) is 8.42 Å². The highest BCUT2D eigenvalue weighted by Crippen LogP contribution is 2.16. The van der Waals surface area contributed by atoms with E-state index in [1.807, 2.05) is 0 Å². The van der Waals surface area contributed by atoms with Crippen molar-refractivity contribution in [3.05, 3.63) is 41.8 Å². The Morgan fingerprint density at radius 3 is 2.62 bits per heavy atom. The molecule has 1 saturated heterocycles. The minimum atomic E-state index is -3.31. The third kappa shape index (κ3) is 2.71. The molecule has 1 aromatic carbocycles. The van der Waals surface area contributed by atoms with Crippen LogP contribution in [0.3, 0.4) is 0 Å². The molecule has 1 fully saturated rings. The Bertz CT molecular complexity index is 456. The molecule has 0 aromatic heterocycles. The fourth-order valence-electron chi connectivity index (χ4n) is 1.63. The zero-order valence-corrected chi connectivity index (χ0v) is 9.69. The predicted molar refractivity (Wildman–Crippen MR) is 61.7 cm³/mol. The quantitative estimate of drug-likeness (QED) is 0.810. The van der Waals surface area contributed by atoms with E-state index in [1.165, 1.54) is 5.41 Å². The van der Waals surface area contributed by atoms with Crippen molar-refractivity contribution in [3.63, 3.8) is 0 Å². The molecule has 4 heteroatoms. The van der Waals surface area contributed by atoms with Crippen LogP contribution in [-0.4, -0.2) is 21.1 Å². The molecule has 86 valence electrons. The van der Waals surface area contributed by atoms with Gasteiger partial charge in [0.25, 0.3) is 0 Å². The topological polar surface area (TPSA) is 43.4 Å². The van der Waals surface area contributed by atoms with Crippen LogP contribution >= 0.6 is 0 Å². The molecular weight excluding hydrogens is 224 g/mol. The summed E-state index contributed by atoms with van der Waals surface area (Å²) in [6, 6.07) is 8.41. The second kappa shape index (κ2) is 4.80. The van der Waals surface area contributed by atoms with Crippen molar-refractivity contribution in [3.8, 4) is 0 Å². The molecule has 1 unspecified atom stereocenters. The maximum Gasteiger partial charge on any atom is 0.199 e. The molecule has 0 aliphatic carbocycles. The SMILES string of the molecule is O=S(=O)(/C=C/C1CCCO1)c1ccccc1. The van der Waals surface area contributed by atoms with Crippen LogP contribution in [-0.2, 0) is 14.6 Å². The molecule has 1 aliphatic rings. The predicted octanol–water partition coefficient (Wildman–Crippen LogP) is 2.15. The Morgan fingerprint density at radius 1 is 1.25 bits per heavy atom. The Hall–Kier alpha value is -1.13. The first kappa shape index (κ1) is 11.4. The van der Waals surface area contributed by atoms with Gasteiger partial charge in [0.15, 0.2) is 9.84 Å². The van der Waals surface area contributed by atoms with Crippen molar-refractivity contribution in [2.24, 2.45) is 0 Å². The van der Waals surface area contributed by atoms with Gasteiger partial charge in [-0.2, -0.15) is 0 Å². The van der Waals surface area contributed by atoms with Gasteiger partial charge in [-0.1, -0.05) is 18.2 Å². The summed E-state index contributed by atoms with van der Waals surface area (Å²) in [6.45, 7) is 0.723. The minimum absolute atomic E-state index is 0.0431. The number of rotatable bonds is 3. The highest BCUT2D eigenvalue weighted by atomic mass is 32.2. The first-order valence-corrected chi connectivity index (χ1v) is 6.83. The molecule has 0 amide bonds. The van der Waals surface area contributed by atoms with E-state index in [1.54, 1.807) is 36.4 Å². The molecule has 0 bridgehead atoms. The fourth-order valence-corrected chi connectivity index (χ4v) is 2.71. The smallest absolute Gasteiger partial charge is 0.199 e. The summed E-state index contributed by atoms with van der Waals surface area (Å²) in [4.78, 5) is 0.323. The van der Waals surface area contributed by atoms with Gasteiger partial charge < -0.3 is 4.74 Å². The number of benzene rings is 1. The maximum absolute atomic E-state index is 11.8. The van der Waals surface area contributed by atoms with Crippen LogP contribution in [0.4, 0.5) is 0 Å². The van der Waals surface area contributed by atoms with E-state index in [9.17, 15) is 8.42 Å². The van der Waals surface area contributed by atoms with Crippen LogP contribution in [0.15, 0.2) is 46.7 Å². The third-order valence-corrected chi connectivity index (χ3v) is 3.95. The summed E-state index contributed by atoms with van der Waals surface area (Å²) in [5.74, 6) is 0. The van der Waals surface area contributed by atoms with Gasteiger partial charge in [-0.3, -0.25) is 0 Å². The first-order valence-electron chi connectivity index (χ1n) is 5.28. The summed E-state index contributed by atoms with van der Waals surface area (Å²) in [6.07, 6.45) is 3.50. The maximum atomic E-state index is 11.8. The Kier molecular flexibility index (Phi) is 3.41. The van der Waals surface area contributed by atoms with Crippen molar-refractivity contribution >= 4 is 9.84 Å². The molecule has 3 nitrogen and oxygen atoms in total. The van der Waals surface area contributed by atoms with Gasteiger partial charge in [-0.15, -0.1) is 0 Å². The van der Waals surface area contributed by atoms with E-state index in [2.05, 4.69) is 0 Å². The van der Waals surface area contributed by atoms with Crippen molar-refractivity contribution in [1.29, 1.82) is 0 Å². The minimum Gasteiger partial charge on any atom is -0.374 e. The molecule has 0 saturated carbocycles. The second-order valence-corrected chi connectivity index (χ2v) is 5.57. The Balaban J connectivity index is 2.14. The zero-order chi connectivity index (χ0) is 11.4. The van der Waals surface area contributed by atoms with Crippen LogP contribution in [0.5, 0.6) is 0 Å². The lowest BCUT2D eigenvalue weighted by atomic mass is 10.2. The average Bonchev–Trinajstić information content (AvgIpc) is 2.81. The summed E-state index contributed by atoms with van der Waals surface area (Å²) < 4.78 is 29.0. The molecule has 1 heterocycles. The number of sulfone groups is 1. The van der Waals surface area contributed by atoms with Crippen LogP contribution in [0.1, 0.15) is 12.8 Å². The van der Waals surface area contributed by atoms with E-state index in [0.29, 0.717) is 4.90 Å². The van der Waals surface area contributed by atoms with Gasteiger partial charge in [0, 0.05) is 12.0 Å². The van der Waals surface area contributed by atoms with E-state index in [-0.39, 0.29) is 6.10 Å². The molecule has 2 rings (SSSR count). The second-order valence-electron chi connectivity index (χ2n) is 3.74.